The summed E-state index contributed by atoms with van der Waals surface area (Å²) in [6.07, 6.45) is 1.97. The van der Waals surface area contributed by atoms with Gasteiger partial charge < -0.3 is 24.8 Å². The molecular weight excluding hydrogens is 268 g/mol. The van der Waals surface area contributed by atoms with Crippen LogP contribution in [-0.4, -0.2) is 55.9 Å². The van der Waals surface area contributed by atoms with E-state index in [1.54, 1.807) is 0 Å². The summed E-state index contributed by atoms with van der Waals surface area (Å²) in [5, 5.41) is 13.9. The van der Waals surface area contributed by atoms with Gasteiger partial charge in [0.15, 0.2) is 11.5 Å². The molecule has 3 rings (SSSR count). The molecule has 0 saturated carbocycles. The molecule has 116 valence electrons. The molecule has 21 heavy (non-hydrogen) atoms. The lowest BCUT2D eigenvalue weighted by Gasteiger charge is -2.28. The van der Waals surface area contributed by atoms with Crippen LogP contribution >= 0.6 is 0 Å². The minimum atomic E-state index is -0.550. The molecule has 1 aromatic carbocycles. The Labute approximate surface area is 125 Å². The molecule has 2 atom stereocenters. The van der Waals surface area contributed by atoms with Crippen LogP contribution in [0.25, 0.3) is 0 Å². The van der Waals surface area contributed by atoms with Crippen molar-refractivity contribution in [3.63, 3.8) is 0 Å². The van der Waals surface area contributed by atoms with Crippen LogP contribution in [0.4, 0.5) is 0 Å². The quantitative estimate of drug-likeness (QED) is 0.853. The Morgan fingerprint density at radius 1 is 1.19 bits per heavy atom. The average Bonchev–Trinajstić information content (AvgIpc) is 3.04. The van der Waals surface area contributed by atoms with E-state index in [9.17, 15) is 5.11 Å². The van der Waals surface area contributed by atoms with Crippen LogP contribution in [0.2, 0.25) is 0 Å². The molecule has 5 heteroatoms. The van der Waals surface area contributed by atoms with Gasteiger partial charge in [0.1, 0.15) is 13.2 Å². The molecule has 5 nitrogen and oxygen atoms in total. The molecule has 0 bridgehead atoms. The van der Waals surface area contributed by atoms with Crippen molar-refractivity contribution in [2.45, 2.75) is 25.0 Å². The summed E-state index contributed by atoms with van der Waals surface area (Å²) in [6.45, 7) is 4.28. The summed E-state index contributed by atoms with van der Waals surface area (Å²) in [4.78, 5) is 2.41. The van der Waals surface area contributed by atoms with E-state index < -0.39 is 6.10 Å². The maximum atomic E-state index is 10.7. The first kappa shape index (κ1) is 14.6. The Bertz CT molecular complexity index is 475. The van der Waals surface area contributed by atoms with Crippen LogP contribution in [0.5, 0.6) is 11.5 Å². The van der Waals surface area contributed by atoms with Gasteiger partial charge in [-0.1, -0.05) is 6.07 Å². The minimum Gasteiger partial charge on any atom is -0.486 e. The topological polar surface area (TPSA) is 54.0 Å². The van der Waals surface area contributed by atoms with Crippen molar-refractivity contribution < 1.29 is 14.6 Å². The van der Waals surface area contributed by atoms with Gasteiger partial charge in [-0.05, 0) is 50.7 Å². The fourth-order valence-electron chi connectivity index (χ4n) is 3.07. The molecule has 1 fully saturated rings. The molecular formula is C16H24N2O3. The highest BCUT2D eigenvalue weighted by molar-refractivity contribution is 5.44. The Kier molecular flexibility index (Phi) is 4.63. The summed E-state index contributed by atoms with van der Waals surface area (Å²) < 4.78 is 11.1. The Morgan fingerprint density at radius 3 is 2.62 bits per heavy atom. The molecule has 0 radical (unpaired) electrons. The number of benzene rings is 1. The average molecular weight is 292 g/mol. The lowest BCUT2D eigenvalue weighted by molar-refractivity contribution is 0.109. The highest BCUT2D eigenvalue weighted by Gasteiger charge is 2.25. The summed E-state index contributed by atoms with van der Waals surface area (Å²) in [6, 6.07) is 5.72. The normalized spacial score (nSPS) is 21.2. The first-order chi connectivity index (χ1) is 10.3. The fourth-order valence-corrected chi connectivity index (χ4v) is 3.07. The number of aliphatic hydroxyl groups excluding tert-OH is 1. The van der Waals surface area contributed by atoms with E-state index in [1.165, 1.54) is 12.8 Å². The largest absolute Gasteiger partial charge is 0.486 e. The number of nitrogens with zero attached hydrogens (tertiary/aromatic N) is 1. The highest BCUT2D eigenvalue weighted by atomic mass is 16.6. The van der Waals surface area contributed by atoms with Crippen molar-refractivity contribution in [3.05, 3.63) is 23.8 Å². The van der Waals surface area contributed by atoms with Crippen LogP contribution in [0.15, 0.2) is 18.2 Å². The number of hydrogen-bond acceptors (Lipinski definition) is 5. The third-order valence-electron chi connectivity index (χ3n) is 4.31. The van der Waals surface area contributed by atoms with Gasteiger partial charge in [0.25, 0.3) is 0 Å². The van der Waals surface area contributed by atoms with E-state index in [4.69, 9.17) is 9.47 Å². The lowest BCUT2D eigenvalue weighted by atomic mass is 10.0. The van der Waals surface area contributed by atoms with Crippen molar-refractivity contribution in [3.8, 4) is 11.5 Å². The maximum absolute atomic E-state index is 10.7. The van der Waals surface area contributed by atoms with Gasteiger partial charge in [0.05, 0.1) is 6.10 Å². The Hall–Kier alpha value is -1.30. The molecule has 2 N–H and O–H groups in total. The number of likely N-dealkylation sites (N-methyl/N-ethyl adjacent to an activating group) is 1. The molecule has 0 aliphatic carbocycles. The Balaban J connectivity index is 1.71. The molecule has 1 aromatic rings. The van der Waals surface area contributed by atoms with E-state index in [2.05, 4.69) is 10.2 Å². The summed E-state index contributed by atoms with van der Waals surface area (Å²) in [5.74, 6) is 1.49. The summed E-state index contributed by atoms with van der Waals surface area (Å²) >= 11 is 0. The number of ether oxygens (including phenoxy) is 2. The molecule has 0 spiro atoms. The van der Waals surface area contributed by atoms with Gasteiger partial charge in [-0.25, -0.2) is 0 Å². The zero-order valence-electron chi connectivity index (χ0n) is 12.5. The van der Waals surface area contributed by atoms with Gasteiger partial charge in [0.2, 0.25) is 0 Å². The predicted octanol–water partition coefficient (Wildman–Crippen LogP) is 1.17. The molecule has 0 unspecified atom stereocenters. The number of nitrogens with one attached hydrogen (secondary N) is 1. The van der Waals surface area contributed by atoms with Crippen LogP contribution < -0.4 is 14.8 Å². The van der Waals surface area contributed by atoms with Crippen molar-refractivity contribution in [1.82, 2.24) is 10.2 Å². The predicted molar refractivity (Wildman–Crippen MR) is 80.9 cm³/mol. The first-order valence-corrected chi connectivity index (χ1v) is 7.75. The second-order valence-electron chi connectivity index (χ2n) is 5.75. The van der Waals surface area contributed by atoms with Crippen molar-refractivity contribution in [2.24, 2.45) is 0 Å². The SMILES string of the molecule is CN[C@H](CN1CCCC1)[C@@H](O)c1ccc2c(c1)OCCO2. The standard InChI is InChI=1S/C16H24N2O3/c1-17-13(11-18-6-2-3-7-18)16(19)12-4-5-14-15(10-12)21-9-8-20-14/h4-5,10,13,16-17,19H,2-3,6-9,11H2,1H3/t13-,16+/m1/s1. The van der Waals surface area contributed by atoms with E-state index in [0.717, 1.165) is 36.7 Å². The molecule has 2 aliphatic heterocycles. The van der Waals surface area contributed by atoms with Crippen LogP contribution in [0.3, 0.4) is 0 Å². The van der Waals surface area contributed by atoms with Gasteiger partial charge in [0, 0.05) is 12.6 Å². The first-order valence-electron chi connectivity index (χ1n) is 7.75. The summed E-state index contributed by atoms with van der Waals surface area (Å²) in [5.41, 5.74) is 0.873. The zero-order valence-corrected chi connectivity index (χ0v) is 12.5. The molecule has 1 saturated heterocycles. The number of hydrogen-bond donors (Lipinski definition) is 2. The highest BCUT2D eigenvalue weighted by Crippen LogP contribution is 2.33. The van der Waals surface area contributed by atoms with Crippen LogP contribution in [-0.2, 0) is 0 Å². The van der Waals surface area contributed by atoms with Gasteiger partial charge in [-0.15, -0.1) is 0 Å². The van der Waals surface area contributed by atoms with E-state index in [1.807, 2.05) is 25.2 Å². The summed E-state index contributed by atoms with van der Waals surface area (Å²) in [7, 11) is 1.90. The number of fused-ring (bicyclic) bond motifs is 1. The monoisotopic (exact) mass is 292 g/mol. The maximum Gasteiger partial charge on any atom is 0.161 e. The molecule has 0 aromatic heterocycles. The second-order valence-corrected chi connectivity index (χ2v) is 5.75. The van der Waals surface area contributed by atoms with E-state index in [-0.39, 0.29) is 6.04 Å². The lowest BCUT2D eigenvalue weighted by Crippen LogP contribution is -2.42. The van der Waals surface area contributed by atoms with Crippen LogP contribution in [0.1, 0.15) is 24.5 Å². The van der Waals surface area contributed by atoms with Crippen molar-refractivity contribution >= 4 is 0 Å². The number of aliphatic hydroxyl groups is 1. The van der Waals surface area contributed by atoms with E-state index >= 15 is 0 Å². The second kappa shape index (κ2) is 6.64. The minimum absolute atomic E-state index is 0.0191. The number of likely N-dealkylation sites (tertiary alicyclic amines) is 1. The van der Waals surface area contributed by atoms with Crippen LogP contribution in [0, 0.1) is 0 Å². The third kappa shape index (κ3) is 3.31. The van der Waals surface area contributed by atoms with Gasteiger partial charge >= 0.3 is 0 Å². The smallest absolute Gasteiger partial charge is 0.161 e. The van der Waals surface area contributed by atoms with Crippen molar-refractivity contribution in [2.75, 3.05) is 39.9 Å². The number of rotatable bonds is 5. The molecule has 2 aliphatic rings. The van der Waals surface area contributed by atoms with Gasteiger partial charge in [-0.3, -0.25) is 0 Å². The third-order valence-corrected chi connectivity index (χ3v) is 4.31. The molecule has 0 amide bonds. The van der Waals surface area contributed by atoms with E-state index in [0.29, 0.717) is 13.2 Å². The fraction of sp³-hybridized carbons (Fsp3) is 0.625. The zero-order chi connectivity index (χ0) is 14.7. The van der Waals surface area contributed by atoms with Gasteiger partial charge in [-0.2, -0.15) is 0 Å². The molecule has 2 heterocycles. The Morgan fingerprint density at radius 2 is 1.90 bits per heavy atom. The van der Waals surface area contributed by atoms with Crippen molar-refractivity contribution in [1.29, 1.82) is 0 Å².